The molecule has 2 fully saturated rings. The summed E-state index contributed by atoms with van der Waals surface area (Å²) in [6, 6.07) is 9.49. The number of rotatable bonds is 13. The first-order valence-corrected chi connectivity index (χ1v) is 15.8. The largest absolute Gasteiger partial charge is 0.381 e. The number of hydrogen-bond donors (Lipinski definition) is 0. The predicted molar refractivity (Wildman–Crippen MR) is 157 cm³/mol. The van der Waals surface area contributed by atoms with Crippen LogP contribution in [0.2, 0.25) is 0 Å². The maximum absolute atomic E-state index is 6.37. The standard InChI is InChI=1S/C31H48N4O2S/c1-7-25-9-10-28(29(32-25)18-34(5)22(3)4)24-17-26(37-21-24)13-15-35(8-2)19-30-27(23-14-16-36-20-23)11-12-31(33-30)38-6/h9-12,22-24,26H,7-8,13-21H2,1-6H3/t23?,24-,26?/m1/s1. The Morgan fingerprint density at radius 3 is 2.45 bits per heavy atom. The molecule has 4 rings (SSSR count). The molecule has 0 amide bonds. The molecule has 38 heavy (non-hydrogen) atoms. The van der Waals surface area contributed by atoms with Gasteiger partial charge in [-0.2, -0.15) is 0 Å². The summed E-state index contributed by atoms with van der Waals surface area (Å²) in [5.74, 6) is 0.903. The molecular formula is C31H48N4O2S. The lowest BCUT2D eigenvalue weighted by Crippen LogP contribution is -2.28. The van der Waals surface area contributed by atoms with Crippen molar-refractivity contribution < 1.29 is 9.47 Å². The number of thioether (sulfide) groups is 1. The van der Waals surface area contributed by atoms with Crippen LogP contribution >= 0.6 is 11.8 Å². The van der Waals surface area contributed by atoms with E-state index in [4.69, 9.17) is 19.4 Å². The molecule has 7 heteroatoms. The molecule has 0 bridgehead atoms. The van der Waals surface area contributed by atoms with Gasteiger partial charge in [-0.05, 0) is 82.6 Å². The second kappa shape index (κ2) is 14.2. The molecule has 2 aliphatic rings. The highest BCUT2D eigenvalue weighted by atomic mass is 32.2. The number of nitrogens with zero attached hydrogens (tertiary/aromatic N) is 4. The van der Waals surface area contributed by atoms with Gasteiger partial charge in [0.15, 0.2) is 0 Å². The van der Waals surface area contributed by atoms with Gasteiger partial charge in [0.1, 0.15) is 0 Å². The molecule has 0 aromatic carbocycles. The van der Waals surface area contributed by atoms with Crippen molar-refractivity contribution in [3.05, 3.63) is 52.5 Å². The minimum Gasteiger partial charge on any atom is -0.381 e. The van der Waals surface area contributed by atoms with Crippen LogP contribution in [0.3, 0.4) is 0 Å². The van der Waals surface area contributed by atoms with Crippen molar-refractivity contribution in [3.63, 3.8) is 0 Å². The molecule has 2 unspecified atom stereocenters. The molecule has 0 aliphatic carbocycles. The summed E-state index contributed by atoms with van der Waals surface area (Å²) < 4.78 is 12.1. The Hall–Kier alpha value is -1.51. The van der Waals surface area contributed by atoms with Gasteiger partial charge in [-0.15, -0.1) is 11.8 Å². The van der Waals surface area contributed by atoms with Gasteiger partial charge < -0.3 is 9.47 Å². The number of aryl methyl sites for hydroxylation is 1. The number of pyridine rings is 2. The van der Waals surface area contributed by atoms with Crippen molar-refractivity contribution >= 4 is 11.8 Å². The van der Waals surface area contributed by atoms with Crippen LogP contribution in [0.1, 0.15) is 87.0 Å². The van der Waals surface area contributed by atoms with E-state index in [1.807, 2.05) is 0 Å². The van der Waals surface area contributed by atoms with Crippen molar-refractivity contribution in [1.29, 1.82) is 0 Å². The van der Waals surface area contributed by atoms with E-state index < -0.39 is 0 Å². The van der Waals surface area contributed by atoms with E-state index in [9.17, 15) is 0 Å². The summed E-state index contributed by atoms with van der Waals surface area (Å²) >= 11 is 1.72. The molecular weight excluding hydrogens is 492 g/mol. The summed E-state index contributed by atoms with van der Waals surface area (Å²) in [7, 11) is 2.19. The van der Waals surface area contributed by atoms with Gasteiger partial charge in [-0.3, -0.25) is 14.8 Å². The van der Waals surface area contributed by atoms with E-state index in [0.717, 1.165) is 76.7 Å². The lowest BCUT2D eigenvalue weighted by molar-refractivity contribution is 0.0903. The van der Waals surface area contributed by atoms with Crippen LogP contribution in [0.5, 0.6) is 0 Å². The second-order valence-electron chi connectivity index (χ2n) is 11.2. The quantitative estimate of drug-likeness (QED) is 0.294. The fourth-order valence-corrected chi connectivity index (χ4v) is 5.97. The minimum absolute atomic E-state index is 0.295. The number of ether oxygens (including phenoxy) is 2. The lowest BCUT2D eigenvalue weighted by atomic mass is 9.93. The van der Waals surface area contributed by atoms with Crippen molar-refractivity contribution in [1.82, 2.24) is 19.8 Å². The van der Waals surface area contributed by atoms with E-state index >= 15 is 0 Å². The first kappa shape index (κ1) is 29.5. The predicted octanol–water partition coefficient (Wildman–Crippen LogP) is 5.89. The third kappa shape index (κ3) is 7.57. The molecule has 210 valence electrons. The second-order valence-corrected chi connectivity index (χ2v) is 12.0. The minimum atomic E-state index is 0.295. The smallest absolute Gasteiger partial charge is 0.0961 e. The Morgan fingerprint density at radius 2 is 1.76 bits per heavy atom. The normalized spacial score (nSPS) is 21.9. The van der Waals surface area contributed by atoms with Gasteiger partial charge >= 0.3 is 0 Å². The molecule has 2 aromatic rings. The third-order valence-electron chi connectivity index (χ3n) is 8.38. The van der Waals surface area contributed by atoms with Gasteiger partial charge in [0.2, 0.25) is 0 Å². The average Bonchev–Trinajstić information content (AvgIpc) is 3.63. The number of hydrogen-bond acceptors (Lipinski definition) is 7. The highest BCUT2D eigenvalue weighted by Gasteiger charge is 2.30. The zero-order valence-corrected chi connectivity index (χ0v) is 25.2. The highest BCUT2D eigenvalue weighted by Crippen LogP contribution is 2.34. The molecule has 0 N–H and O–H groups in total. The SMILES string of the molecule is CCc1ccc([C@H]2COC(CCN(CC)Cc3nc(SC)ccc3C3CCOC3)C2)c(CN(C)C(C)C)n1. The zero-order valence-electron chi connectivity index (χ0n) is 24.4. The van der Waals surface area contributed by atoms with Crippen LogP contribution in [0.15, 0.2) is 29.3 Å². The Kier molecular flexibility index (Phi) is 11.0. The zero-order chi connectivity index (χ0) is 27.1. The average molecular weight is 541 g/mol. The van der Waals surface area contributed by atoms with Crippen LogP contribution in [0, 0.1) is 0 Å². The Balaban J connectivity index is 1.38. The Labute approximate surface area is 234 Å². The molecule has 0 saturated carbocycles. The molecule has 3 atom stereocenters. The van der Waals surface area contributed by atoms with E-state index in [1.54, 1.807) is 11.8 Å². The fourth-order valence-electron chi connectivity index (χ4n) is 5.57. The molecule has 6 nitrogen and oxygen atoms in total. The monoisotopic (exact) mass is 540 g/mol. The maximum Gasteiger partial charge on any atom is 0.0961 e. The van der Waals surface area contributed by atoms with Crippen molar-refractivity contribution in [2.75, 3.05) is 46.2 Å². The van der Waals surface area contributed by atoms with Gasteiger partial charge in [-0.1, -0.05) is 26.0 Å². The van der Waals surface area contributed by atoms with Gasteiger partial charge in [-0.25, -0.2) is 4.98 Å². The highest BCUT2D eigenvalue weighted by molar-refractivity contribution is 7.98. The fraction of sp³-hybridized carbons (Fsp3) is 0.677. The third-order valence-corrected chi connectivity index (χ3v) is 9.03. The summed E-state index contributed by atoms with van der Waals surface area (Å²) in [6.45, 7) is 15.2. The van der Waals surface area contributed by atoms with Crippen molar-refractivity contribution in [3.8, 4) is 0 Å². The lowest BCUT2D eigenvalue weighted by Gasteiger charge is -2.24. The van der Waals surface area contributed by atoms with Crippen LogP contribution in [0.25, 0.3) is 0 Å². The van der Waals surface area contributed by atoms with Crippen LogP contribution in [0.4, 0.5) is 0 Å². The molecule has 0 radical (unpaired) electrons. The first-order valence-electron chi connectivity index (χ1n) is 14.6. The summed E-state index contributed by atoms with van der Waals surface area (Å²) in [4.78, 5) is 15.0. The Bertz CT molecular complexity index is 1030. The molecule has 2 aliphatic heterocycles. The number of aromatic nitrogens is 2. The van der Waals surface area contributed by atoms with Gasteiger partial charge in [0, 0.05) is 49.8 Å². The van der Waals surface area contributed by atoms with E-state index in [2.05, 4.69) is 75.1 Å². The van der Waals surface area contributed by atoms with Gasteiger partial charge in [0.25, 0.3) is 0 Å². The van der Waals surface area contributed by atoms with Crippen molar-refractivity contribution in [2.24, 2.45) is 0 Å². The van der Waals surface area contributed by atoms with E-state index in [-0.39, 0.29) is 0 Å². The van der Waals surface area contributed by atoms with Crippen LogP contribution in [-0.2, 0) is 29.0 Å². The van der Waals surface area contributed by atoms with E-state index in [1.165, 1.54) is 28.2 Å². The summed E-state index contributed by atoms with van der Waals surface area (Å²) in [5, 5.41) is 1.10. The van der Waals surface area contributed by atoms with Crippen molar-refractivity contribution in [2.45, 2.75) is 95.5 Å². The van der Waals surface area contributed by atoms with E-state index in [0.29, 0.717) is 24.0 Å². The summed E-state index contributed by atoms with van der Waals surface area (Å²) in [5.41, 5.74) is 6.38. The Morgan fingerprint density at radius 1 is 1.00 bits per heavy atom. The molecule has 4 heterocycles. The molecule has 0 spiro atoms. The molecule has 2 saturated heterocycles. The topological polar surface area (TPSA) is 50.7 Å². The maximum atomic E-state index is 6.37. The summed E-state index contributed by atoms with van der Waals surface area (Å²) in [6.07, 6.45) is 6.60. The van der Waals surface area contributed by atoms with Gasteiger partial charge in [0.05, 0.1) is 35.7 Å². The first-order chi connectivity index (χ1) is 18.4. The van der Waals surface area contributed by atoms with Crippen LogP contribution in [-0.4, -0.2) is 78.1 Å². The molecule has 2 aromatic heterocycles. The van der Waals surface area contributed by atoms with Crippen LogP contribution < -0.4 is 0 Å².